The van der Waals surface area contributed by atoms with Gasteiger partial charge in [0.05, 0.1) is 12.1 Å². The molecule has 1 aromatic carbocycles. The zero-order chi connectivity index (χ0) is 13.5. The molecule has 18 heavy (non-hydrogen) atoms. The molecule has 0 radical (unpaired) electrons. The maximum atomic E-state index is 13.8. The van der Waals surface area contributed by atoms with Crippen LogP contribution in [0.1, 0.15) is 38.8 Å². The average Bonchev–Trinajstić information content (AvgIpc) is 2.34. The number of nitrogens with one attached hydrogen (secondary N) is 1. The lowest BCUT2D eigenvalue weighted by Gasteiger charge is -2.26. The van der Waals surface area contributed by atoms with E-state index in [4.69, 9.17) is 4.74 Å². The second-order valence-electron chi connectivity index (χ2n) is 4.26. The molecule has 1 N–H and O–H groups in total. The van der Waals surface area contributed by atoms with Crippen molar-refractivity contribution in [2.45, 2.75) is 39.3 Å². The topological polar surface area (TPSA) is 21.3 Å². The van der Waals surface area contributed by atoms with Gasteiger partial charge in [0.1, 0.15) is 11.6 Å². The monoisotopic (exact) mass is 257 g/mol. The molecule has 2 nitrogen and oxygen atoms in total. The Morgan fingerprint density at radius 3 is 2.61 bits per heavy atom. The van der Waals surface area contributed by atoms with Crippen molar-refractivity contribution in [3.63, 3.8) is 0 Å². The van der Waals surface area contributed by atoms with Crippen molar-refractivity contribution in [3.8, 4) is 0 Å². The summed E-state index contributed by atoms with van der Waals surface area (Å²) in [7, 11) is 0. The first-order chi connectivity index (χ1) is 8.60. The molecule has 4 heteroatoms. The third-order valence-electron chi connectivity index (χ3n) is 2.81. The molecule has 0 aliphatic rings. The Balaban J connectivity index is 2.96. The first-order valence-corrected chi connectivity index (χ1v) is 6.40. The molecule has 0 saturated carbocycles. The van der Waals surface area contributed by atoms with E-state index in [-0.39, 0.29) is 12.1 Å². The average molecular weight is 257 g/mol. The predicted octanol–water partition coefficient (Wildman–Crippen LogP) is 3.43. The minimum Gasteiger partial charge on any atom is -0.377 e. The molecule has 0 spiro atoms. The largest absolute Gasteiger partial charge is 0.377 e. The highest BCUT2D eigenvalue weighted by atomic mass is 19.1. The maximum absolute atomic E-state index is 13.8. The van der Waals surface area contributed by atoms with Gasteiger partial charge in [0.25, 0.3) is 0 Å². The fraction of sp³-hybridized carbons (Fsp3) is 0.571. The van der Waals surface area contributed by atoms with Crippen LogP contribution in [0.15, 0.2) is 18.2 Å². The van der Waals surface area contributed by atoms with E-state index in [0.717, 1.165) is 25.1 Å². The number of hydrogen-bond acceptors (Lipinski definition) is 2. The second-order valence-corrected chi connectivity index (χ2v) is 4.26. The lowest BCUT2D eigenvalue weighted by atomic mass is 10.0. The summed E-state index contributed by atoms with van der Waals surface area (Å²) in [6, 6.07) is 3.18. The number of halogens is 2. The molecule has 0 heterocycles. The molecular formula is C14H21F2NO. The summed E-state index contributed by atoms with van der Waals surface area (Å²) in [5.74, 6) is -0.838. The molecule has 0 aromatic heterocycles. The minimum atomic E-state index is -0.432. The smallest absolute Gasteiger partial charge is 0.128 e. The van der Waals surface area contributed by atoms with Crippen molar-refractivity contribution in [3.05, 3.63) is 35.4 Å². The van der Waals surface area contributed by atoms with Gasteiger partial charge in [-0.05, 0) is 45.0 Å². The van der Waals surface area contributed by atoms with Gasteiger partial charge < -0.3 is 10.1 Å². The van der Waals surface area contributed by atoms with Crippen LogP contribution in [0.5, 0.6) is 0 Å². The van der Waals surface area contributed by atoms with E-state index in [1.807, 2.05) is 20.8 Å². The van der Waals surface area contributed by atoms with Crippen LogP contribution in [0.4, 0.5) is 8.78 Å². The van der Waals surface area contributed by atoms with E-state index in [9.17, 15) is 8.78 Å². The Labute approximate surface area is 107 Å². The number of benzene rings is 1. The molecule has 2 atom stereocenters. The van der Waals surface area contributed by atoms with Gasteiger partial charge in [-0.15, -0.1) is 0 Å². The Kier molecular flexibility index (Phi) is 6.22. The van der Waals surface area contributed by atoms with Gasteiger partial charge in [-0.1, -0.05) is 6.92 Å². The fourth-order valence-corrected chi connectivity index (χ4v) is 1.94. The van der Waals surface area contributed by atoms with Crippen LogP contribution in [0.25, 0.3) is 0 Å². The lowest BCUT2D eigenvalue weighted by molar-refractivity contribution is 0.0462. The zero-order valence-corrected chi connectivity index (χ0v) is 11.2. The number of hydrogen-bond donors (Lipinski definition) is 1. The molecule has 0 amide bonds. The van der Waals surface area contributed by atoms with Gasteiger partial charge in [0.2, 0.25) is 0 Å². The van der Waals surface area contributed by atoms with Gasteiger partial charge in [-0.25, -0.2) is 8.78 Å². The molecule has 0 aliphatic carbocycles. The first-order valence-electron chi connectivity index (χ1n) is 6.40. The normalized spacial score (nSPS) is 14.5. The summed E-state index contributed by atoms with van der Waals surface area (Å²) in [6.07, 6.45) is 0.713. The van der Waals surface area contributed by atoms with Crippen molar-refractivity contribution in [2.75, 3.05) is 13.2 Å². The van der Waals surface area contributed by atoms with Crippen molar-refractivity contribution in [1.82, 2.24) is 5.32 Å². The third-order valence-corrected chi connectivity index (χ3v) is 2.81. The van der Waals surface area contributed by atoms with E-state index in [2.05, 4.69) is 5.32 Å². The van der Waals surface area contributed by atoms with Crippen LogP contribution < -0.4 is 5.32 Å². The van der Waals surface area contributed by atoms with E-state index >= 15 is 0 Å². The Hall–Kier alpha value is -1.00. The summed E-state index contributed by atoms with van der Waals surface area (Å²) in [6.45, 7) is 7.05. The molecule has 2 unspecified atom stereocenters. The lowest BCUT2D eigenvalue weighted by Crippen LogP contribution is -2.33. The van der Waals surface area contributed by atoms with Gasteiger partial charge in [-0.3, -0.25) is 0 Å². The summed E-state index contributed by atoms with van der Waals surface area (Å²) in [5.41, 5.74) is 0.324. The van der Waals surface area contributed by atoms with E-state index in [0.29, 0.717) is 12.2 Å². The molecule has 0 aliphatic heterocycles. The molecule has 0 bridgehead atoms. The van der Waals surface area contributed by atoms with Gasteiger partial charge in [-0.2, -0.15) is 0 Å². The Bertz CT molecular complexity index is 371. The van der Waals surface area contributed by atoms with E-state index in [1.165, 1.54) is 6.07 Å². The quantitative estimate of drug-likeness (QED) is 0.808. The van der Waals surface area contributed by atoms with Crippen LogP contribution in [0.2, 0.25) is 0 Å². The SMILES string of the molecule is CCCNC(c1cc(F)ccc1F)C(C)OCC. The van der Waals surface area contributed by atoms with Gasteiger partial charge in [0.15, 0.2) is 0 Å². The van der Waals surface area contributed by atoms with E-state index < -0.39 is 11.6 Å². The predicted molar refractivity (Wildman–Crippen MR) is 68.5 cm³/mol. The van der Waals surface area contributed by atoms with Crippen LogP contribution in [0, 0.1) is 11.6 Å². The summed E-state index contributed by atoms with van der Waals surface area (Å²) < 4.78 is 32.5. The first kappa shape index (κ1) is 15.1. The fourth-order valence-electron chi connectivity index (χ4n) is 1.94. The Morgan fingerprint density at radius 1 is 1.28 bits per heavy atom. The van der Waals surface area contributed by atoms with Crippen LogP contribution >= 0.6 is 0 Å². The molecule has 1 rings (SSSR count). The van der Waals surface area contributed by atoms with E-state index in [1.54, 1.807) is 0 Å². The number of rotatable bonds is 7. The second kappa shape index (κ2) is 7.44. The minimum absolute atomic E-state index is 0.210. The third kappa shape index (κ3) is 4.03. The summed E-state index contributed by atoms with van der Waals surface area (Å²) >= 11 is 0. The maximum Gasteiger partial charge on any atom is 0.128 e. The van der Waals surface area contributed by atoms with Crippen molar-refractivity contribution >= 4 is 0 Å². The number of ether oxygens (including phenoxy) is 1. The van der Waals surface area contributed by atoms with Crippen LogP contribution in [-0.2, 0) is 4.74 Å². The van der Waals surface area contributed by atoms with Gasteiger partial charge in [0, 0.05) is 12.2 Å². The highest BCUT2D eigenvalue weighted by Gasteiger charge is 2.22. The Morgan fingerprint density at radius 2 is 2.00 bits per heavy atom. The van der Waals surface area contributed by atoms with Gasteiger partial charge >= 0.3 is 0 Å². The highest BCUT2D eigenvalue weighted by molar-refractivity contribution is 5.23. The van der Waals surface area contributed by atoms with Crippen molar-refractivity contribution in [1.29, 1.82) is 0 Å². The standard InChI is InChI=1S/C14H21F2NO/c1-4-8-17-14(10(3)18-5-2)12-9-11(15)6-7-13(12)16/h6-7,9-10,14,17H,4-5,8H2,1-3H3. The van der Waals surface area contributed by atoms with Crippen molar-refractivity contribution in [2.24, 2.45) is 0 Å². The van der Waals surface area contributed by atoms with Crippen molar-refractivity contribution < 1.29 is 13.5 Å². The molecular weight excluding hydrogens is 236 g/mol. The summed E-state index contributed by atoms with van der Waals surface area (Å²) in [5, 5.41) is 3.21. The molecule has 0 saturated heterocycles. The highest BCUT2D eigenvalue weighted by Crippen LogP contribution is 2.23. The molecule has 0 fully saturated rings. The van der Waals surface area contributed by atoms with Crippen LogP contribution in [0.3, 0.4) is 0 Å². The van der Waals surface area contributed by atoms with Crippen LogP contribution in [-0.4, -0.2) is 19.3 Å². The molecule has 1 aromatic rings. The zero-order valence-electron chi connectivity index (χ0n) is 11.2. The summed E-state index contributed by atoms with van der Waals surface area (Å²) in [4.78, 5) is 0. The molecule has 102 valence electrons.